The smallest absolute Gasteiger partial charge is 0.339 e. The summed E-state index contributed by atoms with van der Waals surface area (Å²) in [6.07, 6.45) is 0. The van der Waals surface area contributed by atoms with Gasteiger partial charge in [0.15, 0.2) is 0 Å². The van der Waals surface area contributed by atoms with Crippen molar-refractivity contribution in [3.63, 3.8) is 0 Å². The minimum absolute atomic E-state index is 0.213. The molecule has 0 atom stereocenters. The number of hydrogen-bond acceptors (Lipinski definition) is 2. The summed E-state index contributed by atoms with van der Waals surface area (Å²) in [6, 6.07) is 14.9. The van der Waals surface area contributed by atoms with E-state index in [1.807, 2.05) is 49.4 Å². The number of rotatable bonds is 3. The van der Waals surface area contributed by atoms with Gasteiger partial charge in [0.1, 0.15) is 5.56 Å². The van der Waals surface area contributed by atoms with Gasteiger partial charge < -0.3 is 5.11 Å². The van der Waals surface area contributed by atoms with Gasteiger partial charge in [-0.25, -0.2) is 9.48 Å². The summed E-state index contributed by atoms with van der Waals surface area (Å²) in [5, 5.41) is 14.7. The predicted molar refractivity (Wildman–Crippen MR) is 90.4 cm³/mol. The molecule has 0 unspecified atom stereocenters. The van der Waals surface area contributed by atoms with Gasteiger partial charge >= 0.3 is 5.97 Å². The van der Waals surface area contributed by atoms with Gasteiger partial charge in [-0.05, 0) is 37.6 Å². The molecule has 3 aromatic rings. The Bertz CT molecular complexity index is 886. The number of carboxylic acid groups (broad SMARTS) is 1. The first-order chi connectivity index (χ1) is 11.0. The van der Waals surface area contributed by atoms with Crippen LogP contribution in [0.15, 0.2) is 48.5 Å². The molecule has 0 amide bonds. The lowest BCUT2D eigenvalue weighted by Gasteiger charge is -2.11. The van der Waals surface area contributed by atoms with Crippen molar-refractivity contribution in [2.24, 2.45) is 0 Å². The molecule has 3 rings (SSSR count). The molecule has 0 saturated heterocycles. The van der Waals surface area contributed by atoms with Gasteiger partial charge in [-0.1, -0.05) is 41.9 Å². The normalized spacial score (nSPS) is 10.7. The van der Waals surface area contributed by atoms with E-state index in [0.717, 1.165) is 16.8 Å². The van der Waals surface area contributed by atoms with E-state index in [1.165, 1.54) is 0 Å². The number of aryl methyl sites for hydroxylation is 2. The monoisotopic (exact) mass is 326 g/mol. The quantitative estimate of drug-likeness (QED) is 0.770. The Labute approximate surface area is 139 Å². The van der Waals surface area contributed by atoms with Crippen LogP contribution in [0.4, 0.5) is 0 Å². The fourth-order valence-electron chi connectivity index (χ4n) is 2.68. The summed E-state index contributed by atoms with van der Waals surface area (Å²) >= 11 is 6.02. The van der Waals surface area contributed by atoms with Gasteiger partial charge in [0.2, 0.25) is 0 Å². The van der Waals surface area contributed by atoms with Crippen molar-refractivity contribution >= 4 is 17.6 Å². The van der Waals surface area contributed by atoms with Crippen molar-refractivity contribution in [3.8, 4) is 16.9 Å². The molecule has 4 nitrogen and oxygen atoms in total. The number of aromatic carboxylic acids is 1. The second-order valence-electron chi connectivity index (χ2n) is 5.32. The largest absolute Gasteiger partial charge is 0.478 e. The van der Waals surface area contributed by atoms with Crippen LogP contribution < -0.4 is 0 Å². The fourth-order valence-corrected chi connectivity index (χ4v) is 2.90. The first kappa shape index (κ1) is 15.3. The number of benzene rings is 2. The Morgan fingerprint density at radius 2 is 1.83 bits per heavy atom. The number of nitrogens with zero attached hydrogens (tertiary/aromatic N) is 2. The maximum absolute atomic E-state index is 11.7. The molecule has 23 heavy (non-hydrogen) atoms. The van der Waals surface area contributed by atoms with Crippen LogP contribution in [-0.4, -0.2) is 20.9 Å². The van der Waals surface area contributed by atoms with E-state index in [9.17, 15) is 9.90 Å². The molecule has 1 heterocycles. The Kier molecular flexibility index (Phi) is 3.92. The molecular weight excluding hydrogens is 312 g/mol. The van der Waals surface area contributed by atoms with Crippen LogP contribution >= 0.6 is 11.6 Å². The van der Waals surface area contributed by atoms with Crippen molar-refractivity contribution in [2.75, 3.05) is 0 Å². The average molecular weight is 327 g/mol. The van der Waals surface area contributed by atoms with E-state index in [0.29, 0.717) is 16.4 Å². The average Bonchev–Trinajstić information content (AvgIpc) is 2.85. The van der Waals surface area contributed by atoms with Crippen molar-refractivity contribution < 1.29 is 9.90 Å². The van der Waals surface area contributed by atoms with Crippen LogP contribution in [0.3, 0.4) is 0 Å². The third-order valence-electron chi connectivity index (χ3n) is 3.71. The summed E-state index contributed by atoms with van der Waals surface area (Å²) in [4.78, 5) is 11.7. The molecule has 0 aliphatic carbocycles. The molecule has 0 aliphatic heterocycles. The van der Waals surface area contributed by atoms with Crippen molar-refractivity contribution in [1.29, 1.82) is 0 Å². The summed E-state index contributed by atoms with van der Waals surface area (Å²) in [7, 11) is 0. The Morgan fingerprint density at radius 3 is 2.43 bits per heavy atom. The third kappa shape index (κ3) is 2.73. The number of carbonyl (C=O) groups is 1. The zero-order chi connectivity index (χ0) is 16.6. The predicted octanol–water partition coefficient (Wildman–Crippen LogP) is 4.51. The molecule has 0 spiro atoms. The molecule has 0 saturated carbocycles. The number of halogens is 1. The maximum atomic E-state index is 11.7. The third-order valence-corrected chi connectivity index (χ3v) is 3.94. The topological polar surface area (TPSA) is 55.1 Å². The Morgan fingerprint density at radius 1 is 1.13 bits per heavy atom. The van der Waals surface area contributed by atoms with Crippen molar-refractivity contribution in [1.82, 2.24) is 9.78 Å². The lowest BCUT2D eigenvalue weighted by molar-refractivity contribution is 0.0697. The number of aromatic nitrogens is 2. The van der Waals surface area contributed by atoms with Crippen LogP contribution in [-0.2, 0) is 0 Å². The molecule has 116 valence electrons. The maximum Gasteiger partial charge on any atom is 0.339 e. The highest BCUT2D eigenvalue weighted by atomic mass is 35.5. The van der Waals surface area contributed by atoms with E-state index in [1.54, 1.807) is 17.7 Å². The molecule has 5 heteroatoms. The van der Waals surface area contributed by atoms with Crippen LogP contribution in [0.25, 0.3) is 16.9 Å². The number of hydrogen-bond donors (Lipinski definition) is 1. The zero-order valence-corrected chi connectivity index (χ0v) is 13.5. The summed E-state index contributed by atoms with van der Waals surface area (Å²) in [5.41, 5.74) is 3.80. The van der Waals surface area contributed by atoms with Gasteiger partial charge in [0.05, 0.1) is 17.1 Å². The first-order valence-electron chi connectivity index (χ1n) is 7.14. The molecule has 0 fully saturated rings. The van der Waals surface area contributed by atoms with Gasteiger partial charge in [0, 0.05) is 10.6 Å². The molecule has 0 radical (unpaired) electrons. The van der Waals surface area contributed by atoms with Crippen LogP contribution in [0.1, 0.15) is 21.6 Å². The molecule has 0 bridgehead atoms. The van der Waals surface area contributed by atoms with Gasteiger partial charge in [-0.2, -0.15) is 5.10 Å². The minimum atomic E-state index is -0.987. The van der Waals surface area contributed by atoms with Crippen molar-refractivity contribution in [3.05, 3.63) is 70.4 Å². The summed E-state index contributed by atoms with van der Waals surface area (Å²) < 4.78 is 1.68. The molecule has 2 aromatic carbocycles. The lowest BCUT2D eigenvalue weighted by Crippen LogP contribution is -2.04. The van der Waals surface area contributed by atoms with E-state index in [2.05, 4.69) is 5.10 Å². The number of carboxylic acids is 1. The van der Waals surface area contributed by atoms with Crippen LogP contribution in [0.2, 0.25) is 5.02 Å². The van der Waals surface area contributed by atoms with Crippen molar-refractivity contribution in [2.45, 2.75) is 13.8 Å². The van der Waals surface area contributed by atoms with E-state index >= 15 is 0 Å². The highest BCUT2D eigenvalue weighted by Crippen LogP contribution is 2.30. The zero-order valence-electron chi connectivity index (χ0n) is 12.7. The van der Waals surface area contributed by atoms with Gasteiger partial charge in [-0.15, -0.1) is 0 Å². The molecule has 1 N–H and O–H groups in total. The highest BCUT2D eigenvalue weighted by Gasteiger charge is 2.23. The minimum Gasteiger partial charge on any atom is -0.478 e. The molecule has 1 aromatic heterocycles. The highest BCUT2D eigenvalue weighted by molar-refractivity contribution is 6.30. The van der Waals surface area contributed by atoms with E-state index < -0.39 is 5.97 Å². The Hall–Kier alpha value is -2.59. The second-order valence-corrected chi connectivity index (χ2v) is 5.76. The summed E-state index contributed by atoms with van der Waals surface area (Å²) in [5.74, 6) is -0.987. The van der Waals surface area contributed by atoms with Crippen LogP contribution in [0, 0.1) is 13.8 Å². The summed E-state index contributed by atoms with van der Waals surface area (Å²) in [6.45, 7) is 3.63. The van der Waals surface area contributed by atoms with E-state index in [4.69, 9.17) is 11.6 Å². The van der Waals surface area contributed by atoms with Gasteiger partial charge in [0.25, 0.3) is 0 Å². The van der Waals surface area contributed by atoms with E-state index in [-0.39, 0.29) is 5.56 Å². The standard InChI is InChI=1S/C18H15ClN2O2/c1-11-10-14(19)8-9-15(11)21-17(13-6-4-3-5-7-13)16(18(22)23)12(2)20-21/h3-10H,1-2H3,(H,22,23). The SMILES string of the molecule is Cc1cc(Cl)ccc1-n1nc(C)c(C(=O)O)c1-c1ccccc1. The molecular formula is C18H15ClN2O2. The lowest BCUT2D eigenvalue weighted by atomic mass is 10.1. The van der Waals surface area contributed by atoms with Gasteiger partial charge in [-0.3, -0.25) is 0 Å². The first-order valence-corrected chi connectivity index (χ1v) is 7.51. The molecule has 0 aliphatic rings. The second kappa shape index (κ2) is 5.89. The van der Waals surface area contributed by atoms with Crippen LogP contribution in [0.5, 0.6) is 0 Å². The Balaban J connectivity index is 2.34. The fraction of sp³-hybridized carbons (Fsp3) is 0.111.